The van der Waals surface area contributed by atoms with Crippen LogP contribution < -0.4 is 0 Å². The van der Waals surface area contributed by atoms with Crippen molar-refractivity contribution in [1.82, 2.24) is 0 Å². The second kappa shape index (κ2) is 9.16. The molecule has 0 aromatic heterocycles. The van der Waals surface area contributed by atoms with Crippen LogP contribution in [0.3, 0.4) is 0 Å². The second-order valence-corrected chi connectivity index (χ2v) is 3.40. The topological polar surface area (TPSA) is 66.7 Å². The zero-order valence-corrected chi connectivity index (χ0v) is 8.87. The van der Waals surface area contributed by atoms with E-state index in [0.717, 1.165) is 32.1 Å². The van der Waals surface area contributed by atoms with Crippen LogP contribution in [0.4, 0.5) is 0 Å². The molecule has 0 heterocycles. The number of carboxylic acid groups (broad SMARTS) is 1. The van der Waals surface area contributed by atoms with Crippen LogP contribution in [0, 0.1) is 0 Å². The molecule has 0 aliphatic rings. The standard InChI is InChI=1S/C11H17NO3/c1-10(11(14)15)7-5-3-2-4-6-8-12-9-13/h1-8H2,(H,14,15). The van der Waals surface area contributed by atoms with Crippen molar-refractivity contribution in [3.8, 4) is 0 Å². The maximum atomic E-state index is 10.4. The highest BCUT2D eigenvalue weighted by molar-refractivity contribution is 5.85. The molecular weight excluding hydrogens is 194 g/mol. The Morgan fingerprint density at radius 1 is 1.20 bits per heavy atom. The molecular formula is C11H17NO3. The summed E-state index contributed by atoms with van der Waals surface area (Å²) < 4.78 is 0. The van der Waals surface area contributed by atoms with Crippen molar-refractivity contribution in [2.75, 3.05) is 6.54 Å². The quantitative estimate of drug-likeness (QED) is 0.275. The number of carbonyl (C=O) groups is 1. The molecule has 0 amide bonds. The maximum absolute atomic E-state index is 10.4. The van der Waals surface area contributed by atoms with Crippen LogP contribution in [0.15, 0.2) is 17.1 Å². The summed E-state index contributed by atoms with van der Waals surface area (Å²) in [5.74, 6) is -0.907. The Balaban J connectivity index is 3.21. The number of carboxylic acids is 1. The van der Waals surface area contributed by atoms with E-state index in [1.807, 2.05) is 0 Å². The van der Waals surface area contributed by atoms with E-state index in [0.29, 0.717) is 13.0 Å². The second-order valence-electron chi connectivity index (χ2n) is 3.40. The lowest BCUT2D eigenvalue weighted by Gasteiger charge is -2.00. The summed E-state index contributed by atoms with van der Waals surface area (Å²) >= 11 is 0. The molecule has 15 heavy (non-hydrogen) atoms. The first-order valence-corrected chi connectivity index (χ1v) is 5.13. The van der Waals surface area contributed by atoms with Gasteiger partial charge in [-0.1, -0.05) is 25.8 Å². The molecule has 0 aromatic carbocycles. The Hall–Kier alpha value is -1.41. The van der Waals surface area contributed by atoms with Gasteiger partial charge in [-0.05, 0) is 19.3 Å². The Labute approximate surface area is 89.7 Å². The fraction of sp³-hybridized carbons (Fsp3) is 0.636. The molecule has 4 nitrogen and oxygen atoms in total. The van der Waals surface area contributed by atoms with Crippen LogP contribution in [-0.2, 0) is 9.59 Å². The summed E-state index contributed by atoms with van der Waals surface area (Å²) in [4.78, 5) is 23.6. The predicted octanol–water partition coefficient (Wildman–Crippen LogP) is 2.30. The van der Waals surface area contributed by atoms with E-state index >= 15 is 0 Å². The van der Waals surface area contributed by atoms with Gasteiger partial charge in [0.1, 0.15) is 0 Å². The normalized spacial score (nSPS) is 9.33. The Bertz CT molecular complexity index is 255. The minimum absolute atomic E-state index is 0.278. The number of unbranched alkanes of at least 4 members (excludes halogenated alkanes) is 4. The summed E-state index contributed by atoms with van der Waals surface area (Å²) in [6.07, 6.45) is 6.87. The van der Waals surface area contributed by atoms with Crippen molar-refractivity contribution in [2.45, 2.75) is 38.5 Å². The van der Waals surface area contributed by atoms with Crippen molar-refractivity contribution >= 4 is 12.0 Å². The number of carbonyl (C=O) groups excluding carboxylic acids is 1. The van der Waals surface area contributed by atoms with Gasteiger partial charge in [-0.2, -0.15) is 0 Å². The molecule has 0 saturated carbocycles. The van der Waals surface area contributed by atoms with Crippen LogP contribution in [0.25, 0.3) is 0 Å². The highest BCUT2D eigenvalue weighted by Gasteiger charge is 2.02. The number of aliphatic carboxylic acids is 1. The lowest BCUT2D eigenvalue weighted by Crippen LogP contribution is -1.98. The summed E-state index contributed by atoms with van der Waals surface area (Å²) in [7, 11) is 0. The highest BCUT2D eigenvalue weighted by atomic mass is 16.4. The molecule has 4 heteroatoms. The Kier molecular flexibility index (Phi) is 8.30. The third-order valence-electron chi connectivity index (χ3n) is 2.12. The number of isocyanates is 1. The third-order valence-corrected chi connectivity index (χ3v) is 2.12. The summed E-state index contributed by atoms with van der Waals surface area (Å²) in [5.41, 5.74) is 0.278. The molecule has 0 aliphatic heterocycles. The van der Waals surface area contributed by atoms with E-state index in [9.17, 15) is 9.59 Å². The molecule has 84 valence electrons. The van der Waals surface area contributed by atoms with Crippen molar-refractivity contribution in [3.05, 3.63) is 12.2 Å². The monoisotopic (exact) mass is 211 g/mol. The van der Waals surface area contributed by atoms with Gasteiger partial charge in [0.15, 0.2) is 0 Å². The fourth-order valence-corrected chi connectivity index (χ4v) is 1.21. The molecule has 0 bridgehead atoms. The van der Waals surface area contributed by atoms with Crippen molar-refractivity contribution in [1.29, 1.82) is 0 Å². The van der Waals surface area contributed by atoms with Gasteiger partial charge in [0.25, 0.3) is 0 Å². The van der Waals surface area contributed by atoms with Crippen LogP contribution in [-0.4, -0.2) is 23.7 Å². The smallest absolute Gasteiger partial charge is 0.330 e. The first-order chi connectivity index (χ1) is 7.18. The Morgan fingerprint density at radius 3 is 2.40 bits per heavy atom. The van der Waals surface area contributed by atoms with E-state index in [4.69, 9.17) is 5.11 Å². The van der Waals surface area contributed by atoms with Crippen molar-refractivity contribution in [3.63, 3.8) is 0 Å². The molecule has 0 saturated heterocycles. The van der Waals surface area contributed by atoms with E-state index in [1.165, 1.54) is 6.08 Å². The summed E-state index contributed by atoms with van der Waals surface area (Å²) in [6, 6.07) is 0. The first-order valence-electron chi connectivity index (χ1n) is 5.13. The van der Waals surface area contributed by atoms with Gasteiger partial charge in [-0.3, -0.25) is 0 Å². The highest BCUT2D eigenvalue weighted by Crippen LogP contribution is 2.09. The van der Waals surface area contributed by atoms with Crippen molar-refractivity contribution in [2.24, 2.45) is 4.99 Å². The Morgan fingerprint density at radius 2 is 1.80 bits per heavy atom. The van der Waals surface area contributed by atoms with E-state index < -0.39 is 5.97 Å². The molecule has 1 N–H and O–H groups in total. The minimum atomic E-state index is -0.907. The summed E-state index contributed by atoms with van der Waals surface area (Å²) in [6.45, 7) is 4.00. The van der Waals surface area contributed by atoms with E-state index in [-0.39, 0.29) is 5.57 Å². The van der Waals surface area contributed by atoms with Gasteiger partial charge in [-0.25, -0.2) is 14.6 Å². The molecule has 0 aliphatic carbocycles. The van der Waals surface area contributed by atoms with Gasteiger partial charge in [-0.15, -0.1) is 0 Å². The van der Waals surface area contributed by atoms with Gasteiger partial charge < -0.3 is 5.11 Å². The molecule has 0 aromatic rings. The predicted molar refractivity (Wildman–Crippen MR) is 57.5 cm³/mol. The van der Waals surface area contributed by atoms with Crippen LogP contribution in [0.5, 0.6) is 0 Å². The number of aliphatic imine (C=N–C) groups is 1. The van der Waals surface area contributed by atoms with Crippen molar-refractivity contribution < 1.29 is 14.7 Å². The van der Waals surface area contributed by atoms with Gasteiger partial charge in [0, 0.05) is 5.57 Å². The van der Waals surface area contributed by atoms with Crippen LogP contribution in [0.1, 0.15) is 38.5 Å². The number of hydrogen-bond donors (Lipinski definition) is 1. The van der Waals surface area contributed by atoms with Gasteiger partial charge >= 0.3 is 5.97 Å². The average molecular weight is 211 g/mol. The lowest BCUT2D eigenvalue weighted by molar-refractivity contribution is -0.132. The van der Waals surface area contributed by atoms with E-state index in [1.54, 1.807) is 0 Å². The summed E-state index contributed by atoms with van der Waals surface area (Å²) in [5, 5.41) is 8.53. The zero-order chi connectivity index (χ0) is 11.5. The zero-order valence-electron chi connectivity index (χ0n) is 8.87. The van der Waals surface area contributed by atoms with Gasteiger partial charge in [0.05, 0.1) is 6.54 Å². The molecule has 0 rings (SSSR count). The van der Waals surface area contributed by atoms with Gasteiger partial charge in [0.2, 0.25) is 6.08 Å². The third kappa shape index (κ3) is 8.91. The average Bonchev–Trinajstić information content (AvgIpc) is 2.21. The SMILES string of the molecule is C=C(CCCCCCCN=C=O)C(=O)O. The van der Waals surface area contributed by atoms with E-state index in [2.05, 4.69) is 11.6 Å². The largest absolute Gasteiger partial charge is 0.478 e. The number of nitrogens with zero attached hydrogens (tertiary/aromatic N) is 1. The molecule has 0 atom stereocenters. The molecule has 0 unspecified atom stereocenters. The van der Waals surface area contributed by atoms with Crippen LogP contribution in [0.2, 0.25) is 0 Å². The molecule has 0 fully saturated rings. The fourth-order valence-electron chi connectivity index (χ4n) is 1.21. The minimum Gasteiger partial charge on any atom is -0.478 e. The molecule has 0 spiro atoms. The number of rotatable bonds is 9. The van der Waals surface area contributed by atoms with Crippen LogP contribution >= 0.6 is 0 Å². The maximum Gasteiger partial charge on any atom is 0.330 e. The first kappa shape index (κ1) is 13.6. The number of hydrogen-bond acceptors (Lipinski definition) is 3. The molecule has 0 radical (unpaired) electrons. The lowest BCUT2D eigenvalue weighted by atomic mass is 10.1.